The molecule has 5 heteroatoms. The molecule has 1 N–H and O–H groups in total. The summed E-state index contributed by atoms with van der Waals surface area (Å²) in [6.07, 6.45) is 0.542. The molecule has 1 aromatic carbocycles. The smallest absolute Gasteiger partial charge is 0.416 e. The zero-order chi connectivity index (χ0) is 17.3. The molecule has 0 radical (unpaired) electrons. The van der Waals surface area contributed by atoms with E-state index in [9.17, 15) is 18.3 Å². The number of hydrogen-bond acceptors (Lipinski definition) is 2. The summed E-state index contributed by atoms with van der Waals surface area (Å²) in [6.45, 7) is 1.69. The predicted molar refractivity (Wildman–Crippen MR) is 85.6 cm³/mol. The first kappa shape index (κ1) is 17.1. The molecule has 0 saturated heterocycles. The van der Waals surface area contributed by atoms with E-state index in [1.165, 1.54) is 18.6 Å². The molecule has 3 rings (SSSR count). The van der Waals surface area contributed by atoms with E-state index in [1.807, 2.05) is 0 Å². The molecule has 2 nitrogen and oxygen atoms in total. The molecular formula is C19H21F3O2. The van der Waals surface area contributed by atoms with E-state index in [2.05, 4.69) is 0 Å². The molecule has 0 spiro atoms. The highest BCUT2D eigenvalue weighted by Gasteiger charge is 2.30. The molecule has 0 aliphatic heterocycles. The highest BCUT2D eigenvalue weighted by molar-refractivity contribution is 5.60. The molecule has 1 unspecified atom stereocenters. The molecule has 0 amide bonds. The van der Waals surface area contributed by atoms with Crippen LogP contribution < -0.4 is 0 Å². The van der Waals surface area contributed by atoms with Crippen LogP contribution in [0.25, 0.3) is 11.3 Å². The van der Waals surface area contributed by atoms with Crippen LogP contribution in [0.15, 0.2) is 34.7 Å². The molecule has 1 saturated carbocycles. The second-order valence-electron chi connectivity index (χ2n) is 6.52. The first-order chi connectivity index (χ1) is 11.4. The highest BCUT2D eigenvalue weighted by Crippen LogP contribution is 2.40. The summed E-state index contributed by atoms with van der Waals surface area (Å²) in [5.74, 6) is 1.59. The Hall–Kier alpha value is -1.75. The minimum absolute atomic E-state index is 0.284. The normalized spacial score (nSPS) is 17.9. The number of halogens is 3. The molecule has 0 bridgehead atoms. The fourth-order valence-electron chi connectivity index (χ4n) is 3.40. The van der Waals surface area contributed by atoms with Gasteiger partial charge >= 0.3 is 6.18 Å². The summed E-state index contributed by atoms with van der Waals surface area (Å²) in [7, 11) is 0. The van der Waals surface area contributed by atoms with E-state index >= 15 is 0 Å². The summed E-state index contributed by atoms with van der Waals surface area (Å²) in [5, 5.41) is 10.0. The summed E-state index contributed by atoms with van der Waals surface area (Å²) in [5.41, 5.74) is 0.657. The molecular weight excluding hydrogens is 317 g/mol. The van der Waals surface area contributed by atoms with Gasteiger partial charge in [-0.25, -0.2) is 0 Å². The lowest BCUT2D eigenvalue weighted by Crippen LogP contribution is -2.06. The van der Waals surface area contributed by atoms with Gasteiger partial charge in [0.1, 0.15) is 11.5 Å². The fraction of sp³-hybridized carbons (Fsp3) is 0.474. The van der Waals surface area contributed by atoms with E-state index in [4.69, 9.17) is 4.42 Å². The first-order valence-electron chi connectivity index (χ1n) is 8.35. The number of alkyl halides is 3. The molecule has 1 atom stereocenters. The monoisotopic (exact) mass is 338 g/mol. The Morgan fingerprint density at radius 3 is 2.25 bits per heavy atom. The third-order valence-electron chi connectivity index (χ3n) is 4.71. The maximum absolute atomic E-state index is 12.7. The van der Waals surface area contributed by atoms with Crippen LogP contribution in [0.1, 0.15) is 67.9 Å². The Labute approximate surface area is 139 Å². The molecule has 130 valence electrons. The minimum Gasteiger partial charge on any atom is -0.460 e. The van der Waals surface area contributed by atoms with Gasteiger partial charge in [-0.15, -0.1) is 0 Å². The van der Waals surface area contributed by atoms with E-state index in [0.717, 1.165) is 49.1 Å². The van der Waals surface area contributed by atoms with Gasteiger partial charge in [0.2, 0.25) is 0 Å². The zero-order valence-electron chi connectivity index (χ0n) is 13.6. The van der Waals surface area contributed by atoms with Crippen LogP contribution in [0.5, 0.6) is 0 Å². The Morgan fingerprint density at radius 1 is 1.08 bits per heavy atom. The van der Waals surface area contributed by atoms with Crippen molar-refractivity contribution in [1.82, 2.24) is 0 Å². The van der Waals surface area contributed by atoms with Gasteiger partial charge in [-0.1, -0.05) is 31.4 Å². The van der Waals surface area contributed by atoms with Gasteiger partial charge in [-0.2, -0.15) is 13.2 Å². The van der Waals surface area contributed by atoms with Gasteiger partial charge < -0.3 is 9.52 Å². The summed E-state index contributed by atoms with van der Waals surface area (Å²) in [4.78, 5) is 0. The summed E-state index contributed by atoms with van der Waals surface area (Å²) < 4.78 is 44.0. The number of aliphatic hydroxyl groups is 1. The van der Waals surface area contributed by atoms with Gasteiger partial charge in [0.25, 0.3) is 0 Å². The number of aliphatic hydroxyl groups excluding tert-OH is 1. The van der Waals surface area contributed by atoms with Crippen molar-refractivity contribution in [2.24, 2.45) is 0 Å². The van der Waals surface area contributed by atoms with Crippen LogP contribution in [0, 0.1) is 0 Å². The van der Waals surface area contributed by atoms with Crippen molar-refractivity contribution in [3.05, 3.63) is 47.2 Å². The second kappa shape index (κ2) is 6.63. The van der Waals surface area contributed by atoms with Crippen molar-refractivity contribution in [1.29, 1.82) is 0 Å². The van der Waals surface area contributed by atoms with E-state index in [0.29, 0.717) is 11.3 Å². The second-order valence-corrected chi connectivity index (χ2v) is 6.52. The van der Waals surface area contributed by atoms with Gasteiger partial charge in [0.05, 0.1) is 11.7 Å². The maximum Gasteiger partial charge on any atom is 0.416 e. The number of benzene rings is 1. The lowest BCUT2D eigenvalue weighted by Gasteiger charge is -2.21. The minimum atomic E-state index is -4.35. The number of furan rings is 1. The van der Waals surface area contributed by atoms with Crippen molar-refractivity contribution in [2.75, 3.05) is 0 Å². The van der Waals surface area contributed by atoms with Gasteiger partial charge in [0.15, 0.2) is 0 Å². The Kier molecular flexibility index (Phi) is 4.72. The van der Waals surface area contributed by atoms with Crippen molar-refractivity contribution >= 4 is 0 Å². The lowest BCUT2D eigenvalue weighted by atomic mass is 9.85. The van der Waals surface area contributed by atoms with E-state index < -0.39 is 17.8 Å². The predicted octanol–water partition coefficient (Wildman–Crippen LogP) is 6.07. The average Bonchev–Trinajstić information content (AvgIpc) is 3.00. The largest absolute Gasteiger partial charge is 0.460 e. The maximum atomic E-state index is 12.7. The highest BCUT2D eigenvalue weighted by atomic mass is 19.4. The van der Waals surface area contributed by atoms with Gasteiger partial charge in [-0.05, 0) is 38.0 Å². The Balaban J connectivity index is 1.93. The van der Waals surface area contributed by atoms with Crippen molar-refractivity contribution in [3.63, 3.8) is 0 Å². The quantitative estimate of drug-likeness (QED) is 0.737. The van der Waals surface area contributed by atoms with Crippen LogP contribution in [0.4, 0.5) is 13.2 Å². The SMILES string of the molecule is CC(O)c1cc(-c2ccc(C(F)(F)F)cc2)oc1C1CCCCC1. The first-order valence-corrected chi connectivity index (χ1v) is 8.35. The lowest BCUT2D eigenvalue weighted by molar-refractivity contribution is -0.137. The molecule has 1 fully saturated rings. The van der Waals surface area contributed by atoms with Crippen LogP contribution in [0.3, 0.4) is 0 Å². The van der Waals surface area contributed by atoms with Crippen LogP contribution >= 0.6 is 0 Å². The van der Waals surface area contributed by atoms with E-state index in [-0.39, 0.29) is 5.92 Å². The molecule has 1 heterocycles. The molecule has 2 aromatic rings. The molecule has 1 aromatic heterocycles. The van der Waals surface area contributed by atoms with Gasteiger partial charge in [0, 0.05) is 17.0 Å². The van der Waals surface area contributed by atoms with Crippen LogP contribution in [0.2, 0.25) is 0 Å². The van der Waals surface area contributed by atoms with Crippen LogP contribution in [-0.4, -0.2) is 5.11 Å². The molecule has 1 aliphatic carbocycles. The van der Waals surface area contributed by atoms with E-state index in [1.54, 1.807) is 13.0 Å². The summed E-state index contributed by atoms with van der Waals surface area (Å²) in [6, 6.07) is 6.70. The van der Waals surface area contributed by atoms with Crippen molar-refractivity contribution < 1.29 is 22.7 Å². The van der Waals surface area contributed by atoms with Crippen molar-refractivity contribution in [2.45, 2.75) is 57.2 Å². The summed E-state index contributed by atoms with van der Waals surface area (Å²) >= 11 is 0. The topological polar surface area (TPSA) is 33.4 Å². The number of hydrogen-bond donors (Lipinski definition) is 1. The molecule has 1 aliphatic rings. The Bertz CT molecular complexity index is 678. The zero-order valence-corrected chi connectivity index (χ0v) is 13.6. The average molecular weight is 338 g/mol. The van der Waals surface area contributed by atoms with Gasteiger partial charge in [-0.3, -0.25) is 0 Å². The fourth-order valence-corrected chi connectivity index (χ4v) is 3.40. The third kappa shape index (κ3) is 3.51. The Morgan fingerprint density at radius 2 is 1.71 bits per heavy atom. The molecule has 24 heavy (non-hydrogen) atoms. The number of rotatable bonds is 3. The third-order valence-corrected chi connectivity index (χ3v) is 4.71. The standard InChI is InChI=1S/C19H21F3O2/c1-12(23)16-11-17(24-18(16)14-5-3-2-4-6-14)13-7-9-15(10-8-13)19(20,21)22/h7-12,14,23H,2-6H2,1H3. The van der Waals surface area contributed by atoms with Crippen molar-refractivity contribution in [3.8, 4) is 11.3 Å². The van der Waals surface area contributed by atoms with Crippen LogP contribution in [-0.2, 0) is 6.18 Å².